The number of morpholine rings is 1. The van der Waals surface area contributed by atoms with Crippen molar-refractivity contribution in [2.45, 2.75) is 38.5 Å². The minimum atomic E-state index is 0.670. The number of hydrogen-bond donors (Lipinski definition) is 0. The van der Waals surface area contributed by atoms with E-state index in [0.29, 0.717) is 6.42 Å². The molecule has 3 nitrogen and oxygen atoms in total. The number of ether oxygens (including phenoxy) is 1. The van der Waals surface area contributed by atoms with Gasteiger partial charge in [0.2, 0.25) is 0 Å². The molecule has 0 N–H and O–H groups in total. The van der Waals surface area contributed by atoms with E-state index in [0.717, 1.165) is 32.7 Å². The Hall–Kier alpha value is -1.01. The van der Waals surface area contributed by atoms with Crippen molar-refractivity contribution in [3.8, 4) is 6.07 Å². The third kappa shape index (κ3) is 2.76. The van der Waals surface area contributed by atoms with Crippen LogP contribution in [0.1, 0.15) is 38.5 Å². The lowest BCUT2D eigenvalue weighted by molar-refractivity contribution is 0.0505. The molecule has 1 heterocycles. The van der Waals surface area contributed by atoms with Gasteiger partial charge < -0.3 is 9.64 Å². The first-order chi connectivity index (χ1) is 7.92. The van der Waals surface area contributed by atoms with Crippen LogP contribution in [0.3, 0.4) is 0 Å². The standard InChI is InChI=1S/C13H20N2O/c14-7-3-5-12-4-1-2-6-13(12)15-8-10-16-11-9-15/h1-6,8-11H2. The highest BCUT2D eigenvalue weighted by Gasteiger charge is 2.19. The van der Waals surface area contributed by atoms with Gasteiger partial charge in [0.25, 0.3) is 0 Å². The summed E-state index contributed by atoms with van der Waals surface area (Å²) in [5.41, 5.74) is 3.07. The van der Waals surface area contributed by atoms with E-state index in [1.54, 1.807) is 0 Å². The summed E-state index contributed by atoms with van der Waals surface area (Å²) in [5, 5.41) is 8.69. The van der Waals surface area contributed by atoms with Crippen LogP contribution in [0.2, 0.25) is 0 Å². The third-order valence-electron chi connectivity index (χ3n) is 3.48. The van der Waals surface area contributed by atoms with Gasteiger partial charge in [-0.15, -0.1) is 0 Å². The Morgan fingerprint density at radius 1 is 1.19 bits per heavy atom. The quantitative estimate of drug-likeness (QED) is 0.733. The van der Waals surface area contributed by atoms with Crippen molar-refractivity contribution in [2.75, 3.05) is 26.3 Å². The van der Waals surface area contributed by atoms with Crippen molar-refractivity contribution in [1.82, 2.24) is 4.90 Å². The minimum absolute atomic E-state index is 0.670. The van der Waals surface area contributed by atoms with Gasteiger partial charge in [-0.25, -0.2) is 0 Å². The molecule has 1 aliphatic carbocycles. The molecule has 0 spiro atoms. The average Bonchev–Trinajstić information content (AvgIpc) is 2.38. The highest BCUT2D eigenvalue weighted by Crippen LogP contribution is 2.30. The lowest BCUT2D eigenvalue weighted by Gasteiger charge is -2.35. The maximum atomic E-state index is 8.69. The van der Waals surface area contributed by atoms with Crippen LogP contribution in [0.4, 0.5) is 0 Å². The molecule has 0 radical (unpaired) electrons. The molecule has 0 saturated carbocycles. The molecule has 88 valence electrons. The van der Waals surface area contributed by atoms with E-state index in [4.69, 9.17) is 10.00 Å². The summed E-state index contributed by atoms with van der Waals surface area (Å²) in [6.45, 7) is 3.78. The van der Waals surface area contributed by atoms with Crippen LogP contribution in [-0.2, 0) is 4.74 Å². The van der Waals surface area contributed by atoms with Gasteiger partial charge in [0, 0.05) is 25.2 Å². The molecule has 0 aromatic carbocycles. The molecule has 16 heavy (non-hydrogen) atoms. The number of nitriles is 1. The summed E-state index contributed by atoms with van der Waals surface area (Å²) >= 11 is 0. The molecule has 0 bridgehead atoms. The molecular formula is C13H20N2O. The smallest absolute Gasteiger partial charge is 0.0642 e. The molecule has 0 aromatic heterocycles. The normalized spacial score (nSPS) is 22.1. The van der Waals surface area contributed by atoms with Crippen LogP contribution in [0.5, 0.6) is 0 Å². The van der Waals surface area contributed by atoms with Gasteiger partial charge in [0.1, 0.15) is 0 Å². The van der Waals surface area contributed by atoms with Gasteiger partial charge in [-0.05, 0) is 32.1 Å². The first-order valence-corrected chi connectivity index (χ1v) is 6.32. The number of allylic oxidation sites excluding steroid dienone is 2. The first kappa shape index (κ1) is 11.5. The van der Waals surface area contributed by atoms with E-state index in [-0.39, 0.29) is 0 Å². The molecule has 0 atom stereocenters. The van der Waals surface area contributed by atoms with E-state index >= 15 is 0 Å². The topological polar surface area (TPSA) is 36.3 Å². The van der Waals surface area contributed by atoms with Gasteiger partial charge >= 0.3 is 0 Å². The monoisotopic (exact) mass is 220 g/mol. The Morgan fingerprint density at radius 3 is 2.69 bits per heavy atom. The van der Waals surface area contributed by atoms with E-state index in [1.807, 2.05) is 0 Å². The van der Waals surface area contributed by atoms with E-state index in [9.17, 15) is 0 Å². The predicted molar refractivity (Wildman–Crippen MR) is 62.7 cm³/mol. The van der Waals surface area contributed by atoms with Crippen molar-refractivity contribution in [1.29, 1.82) is 5.26 Å². The van der Waals surface area contributed by atoms with Crippen LogP contribution in [0.15, 0.2) is 11.3 Å². The highest BCUT2D eigenvalue weighted by atomic mass is 16.5. The SMILES string of the molecule is N#CCCC1=C(N2CCOCC2)CCCC1. The second kappa shape index (κ2) is 5.91. The summed E-state index contributed by atoms with van der Waals surface area (Å²) in [4.78, 5) is 2.48. The maximum absolute atomic E-state index is 8.69. The fourth-order valence-electron chi connectivity index (χ4n) is 2.64. The van der Waals surface area contributed by atoms with Gasteiger partial charge in [-0.1, -0.05) is 5.57 Å². The first-order valence-electron chi connectivity index (χ1n) is 6.32. The molecule has 0 amide bonds. The fraction of sp³-hybridized carbons (Fsp3) is 0.769. The average molecular weight is 220 g/mol. The Kier molecular flexibility index (Phi) is 4.24. The number of rotatable bonds is 3. The van der Waals surface area contributed by atoms with Gasteiger partial charge in [0.15, 0.2) is 0 Å². The molecule has 2 rings (SSSR count). The van der Waals surface area contributed by atoms with Crippen LogP contribution in [0, 0.1) is 11.3 Å². The molecule has 1 fully saturated rings. The Bertz CT molecular complexity index is 298. The van der Waals surface area contributed by atoms with E-state index in [1.165, 1.54) is 37.0 Å². The molecule has 2 aliphatic rings. The van der Waals surface area contributed by atoms with Crippen LogP contribution < -0.4 is 0 Å². The highest BCUT2D eigenvalue weighted by molar-refractivity contribution is 5.17. The molecule has 0 aromatic rings. The second-order valence-electron chi connectivity index (χ2n) is 4.51. The van der Waals surface area contributed by atoms with Gasteiger partial charge in [-0.2, -0.15) is 5.26 Å². The van der Waals surface area contributed by atoms with E-state index < -0.39 is 0 Å². The summed E-state index contributed by atoms with van der Waals surface area (Å²) in [7, 11) is 0. The van der Waals surface area contributed by atoms with Crippen molar-refractivity contribution in [3.05, 3.63) is 11.3 Å². The van der Waals surface area contributed by atoms with Crippen molar-refractivity contribution in [2.24, 2.45) is 0 Å². The summed E-state index contributed by atoms with van der Waals surface area (Å²) in [6.07, 6.45) is 6.67. The minimum Gasteiger partial charge on any atom is -0.378 e. The molecule has 1 saturated heterocycles. The summed E-state index contributed by atoms with van der Waals surface area (Å²) in [5.74, 6) is 0. The Labute approximate surface area is 97.7 Å². The third-order valence-corrected chi connectivity index (χ3v) is 3.48. The van der Waals surface area contributed by atoms with Gasteiger partial charge in [-0.3, -0.25) is 0 Å². The zero-order chi connectivity index (χ0) is 11.2. The lowest BCUT2D eigenvalue weighted by atomic mass is 9.92. The zero-order valence-electron chi connectivity index (χ0n) is 9.87. The molecular weight excluding hydrogens is 200 g/mol. The Balaban J connectivity index is 2.05. The number of nitrogens with zero attached hydrogens (tertiary/aromatic N) is 2. The lowest BCUT2D eigenvalue weighted by Crippen LogP contribution is -2.36. The fourth-order valence-corrected chi connectivity index (χ4v) is 2.64. The van der Waals surface area contributed by atoms with Crippen molar-refractivity contribution >= 4 is 0 Å². The predicted octanol–water partition coefficient (Wildman–Crippen LogP) is 2.45. The molecule has 1 aliphatic heterocycles. The van der Waals surface area contributed by atoms with Crippen LogP contribution in [0.25, 0.3) is 0 Å². The van der Waals surface area contributed by atoms with Crippen molar-refractivity contribution in [3.63, 3.8) is 0 Å². The summed E-state index contributed by atoms with van der Waals surface area (Å²) in [6, 6.07) is 2.26. The van der Waals surface area contributed by atoms with Gasteiger partial charge in [0.05, 0.1) is 19.3 Å². The van der Waals surface area contributed by atoms with E-state index in [2.05, 4.69) is 11.0 Å². The molecule has 3 heteroatoms. The van der Waals surface area contributed by atoms with Crippen LogP contribution >= 0.6 is 0 Å². The zero-order valence-corrected chi connectivity index (χ0v) is 9.87. The largest absolute Gasteiger partial charge is 0.378 e. The van der Waals surface area contributed by atoms with Crippen molar-refractivity contribution < 1.29 is 4.74 Å². The van der Waals surface area contributed by atoms with Crippen LogP contribution in [-0.4, -0.2) is 31.2 Å². The molecule has 0 unspecified atom stereocenters. The second-order valence-corrected chi connectivity index (χ2v) is 4.51. The summed E-state index contributed by atoms with van der Waals surface area (Å²) < 4.78 is 5.39. The maximum Gasteiger partial charge on any atom is 0.0642 e. The Morgan fingerprint density at radius 2 is 1.94 bits per heavy atom. The number of hydrogen-bond acceptors (Lipinski definition) is 3.